The molecule has 0 fully saturated rings. The van der Waals surface area contributed by atoms with Crippen LogP contribution in [0.25, 0.3) is 49.0 Å². The van der Waals surface area contributed by atoms with Crippen LogP contribution in [0, 0.1) is 12.8 Å². The second-order valence-corrected chi connectivity index (χ2v) is 10.4. The zero-order chi connectivity index (χ0) is 22.3. The highest BCUT2D eigenvalue weighted by Gasteiger charge is 2.24. The summed E-state index contributed by atoms with van der Waals surface area (Å²) in [5, 5.41) is 6.82. The van der Waals surface area contributed by atoms with E-state index in [2.05, 4.69) is 105 Å². The molecular weight excluding hydrogens is 388 g/mol. The van der Waals surface area contributed by atoms with Gasteiger partial charge in [-0.15, -0.1) is 0 Å². The van der Waals surface area contributed by atoms with E-state index in [-0.39, 0.29) is 0 Å². The number of fused-ring (bicyclic) bond motifs is 5. The molecule has 0 radical (unpaired) electrons. The van der Waals surface area contributed by atoms with Crippen molar-refractivity contribution in [3.05, 3.63) is 71.4 Å². The summed E-state index contributed by atoms with van der Waals surface area (Å²) in [6.45, 7) is 11.4. The number of hydrogen-bond acceptors (Lipinski definition) is 0. The predicted octanol–water partition coefficient (Wildman–Crippen LogP) is 7.44. The van der Waals surface area contributed by atoms with E-state index in [0.29, 0.717) is 11.8 Å². The molecule has 0 aliphatic heterocycles. The summed E-state index contributed by atoms with van der Waals surface area (Å²) in [6.07, 6.45) is 3.33. The van der Waals surface area contributed by atoms with Crippen LogP contribution in [0.1, 0.15) is 50.3 Å². The molecule has 2 nitrogen and oxygen atoms in total. The van der Waals surface area contributed by atoms with Crippen LogP contribution in [0.5, 0.6) is 0 Å². The number of pyridine rings is 2. The first-order valence-corrected chi connectivity index (χ1v) is 11.9. The minimum absolute atomic E-state index is 0.518. The van der Waals surface area contributed by atoms with Gasteiger partial charge in [-0.05, 0) is 65.5 Å². The molecule has 0 saturated heterocycles. The fraction of sp³-hybridized carbons (Fsp3) is 0.300. The number of benzene rings is 3. The van der Waals surface area contributed by atoms with E-state index in [9.17, 15) is 0 Å². The van der Waals surface area contributed by atoms with E-state index >= 15 is 0 Å². The summed E-state index contributed by atoms with van der Waals surface area (Å²) >= 11 is 0. The van der Waals surface area contributed by atoms with E-state index < -0.39 is 0 Å². The van der Waals surface area contributed by atoms with E-state index in [1.807, 2.05) is 0 Å². The van der Waals surface area contributed by atoms with Crippen LogP contribution in [-0.4, -0.2) is 4.40 Å². The highest BCUT2D eigenvalue weighted by molar-refractivity contribution is 6.25. The zero-order valence-electron chi connectivity index (χ0n) is 20.0. The Bertz CT molecular complexity index is 1660. The minimum Gasteiger partial charge on any atom is -0.307 e. The number of nitrogens with zero attached hydrogens (tertiary/aromatic N) is 2. The molecule has 0 saturated carbocycles. The van der Waals surface area contributed by atoms with Crippen molar-refractivity contribution in [3.63, 3.8) is 0 Å². The molecule has 0 unspecified atom stereocenters. The van der Waals surface area contributed by atoms with Gasteiger partial charge in [0.05, 0.1) is 27.3 Å². The quantitative estimate of drug-likeness (QED) is 0.160. The molecule has 3 aromatic heterocycles. The lowest BCUT2D eigenvalue weighted by atomic mass is 9.95. The van der Waals surface area contributed by atoms with Crippen LogP contribution < -0.4 is 4.57 Å². The largest absolute Gasteiger partial charge is 0.307 e. The molecule has 0 aliphatic rings. The van der Waals surface area contributed by atoms with Gasteiger partial charge in [-0.1, -0.05) is 52.0 Å². The average molecular weight is 420 g/mol. The molecular formula is C30H31N2+. The van der Waals surface area contributed by atoms with Crippen molar-refractivity contribution in [1.29, 1.82) is 0 Å². The van der Waals surface area contributed by atoms with Gasteiger partial charge in [0.25, 0.3) is 0 Å². The van der Waals surface area contributed by atoms with Gasteiger partial charge in [-0.25, -0.2) is 4.57 Å². The Hall–Kier alpha value is -3.13. The summed E-state index contributed by atoms with van der Waals surface area (Å²) in [6, 6.07) is 18.9. The van der Waals surface area contributed by atoms with Crippen molar-refractivity contribution >= 4 is 49.0 Å². The van der Waals surface area contributed by atoms with E-state index in [1.54, 1.807) is 0 Å². The Morgan fingerprint density at radius 3 is 2.41 bits per heavy atom. The molecule has 3 heterocycles. The van der Waals surface area contributed by atoms with Crippen LogP contribution in [-0.2, 0) is 13.5 Å². The standard InChI is InChI=1S/C30H31N2/c1-17(2)13-20-14-22-11-12-31(6)30-27-19(5)7-9-23-24-16-21(18(3)4)8-10-25(24)32(29(23)27)26(15-20)28(22)30/h7-12,14-18H,13H2,1-6H3/q+1. The molecule has 0 atom stereocenters. The van der Waals surface area contributed by atoms with Gasteiger partial charge in [0.2, 0.25) is 5.52 Å². The number of aromatic nitrogens is 2. The summed E-state index contributed by atoms with van der Waals surface area (Å²) in [5.74, 6) is 1.15. The monoisotopic (exact) mass is 419 g/mol. The maximum atomic E-state index is 2.55. The number of aryl methyl sites for hydroxylation is 2. The SMILES string of the molecule is Cc1ccc2c3cc(C(C)C)ccc3n3c4cc(CC(C)C)cc5cc[n+](C)c(c1c23)c54. The third-order valence-corrected chi connectivity index (χ3v) is 7.22. The summed E-state index contributed by atoms with van der Waals surface area (Å²) in [7, 11) is 2.19. The molecule has 0 spiro atoms. The zero-order valence-corrected chi connectivity index (χ0v) is 20.0. The van der Waals surface area contributed by atoms with Crippen LogP contribution in [0.3, 0.4) is 0 Å². The molecule has 32 heavy (non-hydrogen) atoms. The molecule has 0 aliphatic carbocycles. The molecule has 6 rings (SSSR count). The first kappa shape index (κ1) is 19.5. The maximum absolute atomic E-state index is 2.55. The summed E-state index contributed by atoms with van der Waals surface area (Å²) in [5.41, 5.74) is 9.52. The fourth-order valence-electron chi connectivity index (χ4n) is 5.74. The number of rotatable bonds is 3. The Labute approximate surface area is 189 Å². The van der Waals surface area contributed by atoms with Crippen LogP contribution >= 0.6 is 0 Å². The van der Waals surface area contributed by atoms with Gasteiger partial charge < -0.3 is 4.40 Å². The van der Waals surface area contributed by atoms with Crippen LogP contribution in [0.2, 0.25) is 0 Å². The van der Waals surface area contributed by atoms with E-state index in [1.165, 1.54) is 65.7 Å². The molecule has 0 N–H and O–H groups in total. The lowest BCUT2D eigenvalue weighted by molar-refractivity contribution is -0.643. The Morgan fingerprint density at radius 1 is 0.844 bits per heavy atom. The predicted molar refractivity (Wildman–Crippen MR) is 137 cm³/mol. The first-order valence-electron chi connectivity index (χ1n) is 11.9. The first-order chi connectivity index (χ1) is 15.3. The minimum atomic E-state index is 0.518. The van der Waals surface area contributed by atoms with Crippen LogP contribution in [0.4, 0.5) is 0 Å². The highest BCUT2D eigenvalue weighted by atomic mass is 15.0. The van der Waals surface area contributed by atoms with Gasteiger partial charge in [0, 0.05) is 16.8 Å². The average Bonchev–Trinajstić information content (AvgIpc) is 3.08. The van der Waals surface area contributed by atoms with Crippen molar-refractivity contribution in [1.82, 2.24) is 4.40 Å². The van der Waals surface area contributed by atoms with Crippen molar-refractivity contribution in [3.8, 4) is 0 Å². The third-order valence-electron chi connectivity index (χ3n) is 7.22. The third kappa shape index (κ3) is 2.56. The Kier molecular flexibility index (Phi) is 4.08. The van der Waals surface area contributed by atoms with Gasteiger partial charge in [-0.3, -0.25) is 0 Å². The Morgan fingerprint density at radius 2 is 1.66 bits per heavy atom. The summed E-state index contributed by atoms with van der Waals surface area (Å²) < 4.78 is 4.87. The molecule has 160 valence electrons. The molecule has 6 aromatic rings. The van der Waals surface area contributed by atoms with Crippen molar-refractivity contribution < 1.29 is 4.57 Å². The van der Waals surface area contributed by atoms with Crippen LogP contribution in [0.15, 0.2) is 54.7 Å². The summed E-state index contributed by atoms with van der Waals surface area (Å²) in [4.78, 5) is 0. The normalized spacial score (nSPS) is 12.8. The molecule has 0 bridgehead atoms. The lowest BCUT2D eigenvalue weighted by Crippen LogP contribution is -2.29. The molecule has 3 aromatic carbocycles. The van der Waals surface area contributed by atoms with Gasteiger partial charge in [0.15, 0.2) is 6.20 Å². The number of hydrogen-bond donors (Lipinski definition) is 0. The van der Waals surface area contributed by atoms with Crippen molar-refractivity contribution in [2.45, 2.75) is 47.0 Å². The van der Waals surface area contributed by atoms with Gasteiger partial charge in [0.1, 0.15) is 7.05 Å². The fourth-order valence-corrected chi connectivity index (χ4v) is 5.74. The van der Waals surface area contributed by atoms with E-state index in [0.717, 1.165) is 6.42 Å². The topological polar surface area (TPSA) is 8.29 Å². The molecule has 0 amide bonds. The maximum Gasteiger partial charge on any atom is 0.224 e. The second-order valence-electron chi connectivity index (χ2n) is 10.4. The van der Waals surface area contributed by atoms with E-state index in [4.69, 9.17) is 0 Å². The van der Waals surface area contributed by atoms with Crippen molar-refractivity contribution in [2.24, 2.45) is 13.0 Å². The van der Waals surface area contributed by atoms with Gasteiger partial charge in [-0.2, -0.15) is 0 Å². The van der Waals surface area contributed by atoms with Gasteiger partial charge >= 0.3 is 0 Å². The highest BCUT2D eigenvalue weighted by Crippen LogP contribution is 2.41. The molecule has 2 heteroatoms. The lowest BCUT2D eigenvalue weighted by Gasteiger charge is -2.15. The Balaban J connectivity index is 1.95. The van der Waals surface area contributed by atoms with Crippen molar-refractivity contribution in [2.75, 3.05) is 0 Å². The second kappa shape index (κ2) is 6.68. The smallest absolute Gasteiger partial charge is 0.224 e.